The number of aromatic nitrogens is 1. The van der Waals surface area contributed by atoms with Crippen molar-refractivity contribution in [1.82, 2.24) is 4.98 Å². The number of rotatable bonds is 3. The van der Waals surface area contributed by atoms with E-state index in [2.05, 4.69) is 10.3 Å². The van der Waals surface area contributed by atoms with Crippen LogP contribution in [-0.4, -0.2) is 18.0 Å². The zero-order chi connectivity index (χ0) is 15.0. The number of hydrogen-bond acceptors (Lipinski definition) is 5. The highest BCUT2D eigenvalue weighted by Crippen LogP contribution is 2.37. The van der Waals surface area contributed by atoms with Crippen molar-refractivity contribution >= 4 is 67.1 Å². The number of methoxy groups -OCH3 is 1. The largest absolute Gasteiger partial charge is 0.494 e. The minimum Gasteiger partial charge on any atom is -0.494 e. The predicted octanol–water partition coefficient (Wildman–Crippen LogP) is 4.93. The van der Waals surface area contributed by atoms with Gasteiger partial charge in [0.2, 0.25) is 0 Å². The number of nitrogens with one attached hydrogen (secondary N) is 1. The number of ether oxygens (including phenoxy) is 1. The molecular formula is C13H8Cl2N2O2S2. The van der Waals surface area contributed by atoms with E-state index in [4.69, 9.17) is 27.9 Å². The Morgan fingerprint density at radius 1 is 1.24 bits per heavy atom. The minimum atomic E-state index is -0.249. The van der Waals surface area contributed by atoms with Crippen molar-refractivity contribution in [2.75, 3.05) is 12.4 Å². The fourth-order valence-electron chi connectivity index (χ4n) is 1.77. The number of fused-ring (bicyclic) bond motifs is 1. The highest BCUT2D eigenvalue weighted by atomic mass is 35.5. The van der Waals surface area contributed by atoms with E-state index in [1.54, 1.807) is 31.4 Å². The van der Waals surface area contributed by atoms with Gasteiger partial charge in [0.15, 0.2) is 5.13 Å². The van der Waals surface area contributed by atoms with Crippen LogP contribution in [0.25, 0.3) is 10.2 Å². The molecule has 0 radical (unpaired) electrons. The van der Waals surface area contributed by atoms with Crippen LogP contribution in [0.5, 0.6) is 5.75 Å². The quantitative estimate of drug-likeness (QED) is 0.722. The van der Waals surface area contributed by atoms with Crippen LogP contribution in [0.15, 0.2) is 24.3 Å². The molecule has 4 nitrogen and oxygen atoms in total. The van der Waals surface area contributed by atoms with Crippen LogP contribution in [-0.2, 0) is 0 Å². The lowest BCUT2D eigenvalue weighted by Gasteiger charge is -2.00. The van der Waals surface area contributed by atoms with Crippen molar-refractivity contribution < 1.29 is 9.53 Å². The van der Waals surface area contributed by atoms with Crippen LogP contribution in [0, 0.1) is 0 Å². The SMILES string of the molecule is COc1ccc(Cl)c2sc(NC(=O)c3ccc(Cl)s3)nc12. The normalized spacial score (nSPS) is 10.8. The molecule has 108 valence electrons. The molecule has 1 amide bonds. The highest BCUT2D eigenvalue weighted by molar-refractivity contribution is 7.23. The summed E-state index contributed by atoms with van der Waals surface area (Å²) in [4.78, 5) is 17.0. The monoisotopic (exact) mass is 358 g/mol. The zero-order valence-electron chi connectivity index (χ0n) is 10.6. The number of hydrogen-bond donors (Lipinski definition) is 1. The van der Waals surface area contributed by atoms with Crippen LogP contribution < -0.4 is 10.1 Å². The lowest BCUT2D eigenvalue weighted by Crippen LogP contribution is -2.09. The summed E-state index contributed by atoms with van der Waals surface area (Å²) in [7, 11) is 1.56. The predicted molar refractivity (Wildman–Crippen MR) is 88.5 cm³/mol. The molecule has 1 N–H and O–H groups in total. The Kier molecular flexibility index (Phi) is 4.03. The second kappa shape index (κ2) is 5.81. The number of nitrogens with zero attached hydrogens (tertiary/aromatic N) is 1. The Morgan fingerprint density at radius 3 is 2.71 bits per heavy atom. The van der Waals surface area contributed by atoms with Gasteiger partial charge < -0.3 is 4.74 Å². The number of benzene rings is 1. The molecule has 0 atom stereocenters. The lowest BCUT2D eigenvalue weighted by atomic mass is 10.3. The van der Waals surface area contributed by atoms with E-state index in [9.17, 15) is 4.79 Å². The first-order valence-electron chi connectivity index (χ1n) is 5.78. The van der Waals surface area contributed by atoms with Crippen LogP contribution >= 0.6 is 45.9 Å². The van der Waals surface area contributed by atoms with Gasteiger partial charge in [-0.15, -0.1) is 11.3 Å². The number of amides is 1. The summed E-state index contributed by atoms with van der Waals surface area (Å²) >= 11 is 14.5. The van der Waals surface area contributed by atoms with Gasteiger partial charge in [0.25, 0.3) is 5.91 Å². The number of anilines is 1. The number of carbonyl (C=O) groups excluding carboxylic acids is 1. The van der Waals surface area contributed by atoms with Crippen molar-refractivity contribution in [2.45, 2.75) is 0 Å². The van der Waals surface area contributed by atoms with Gasteiger partial charge in [-0.1, -0.05) is 34.5 Å². The van der Waals surface area contributed by atoms with Gasteiger partial charge in [0.05, 0.1) is 26.0 Å². The second-order valence-corrected chi connectivity index (χ2v) is 7.13. The molecule has 2 aromatic heterocycles. The van der Waals surface area contributed by atoms with Crippen LogP contribution in [0.4, 0.5) is 5.13 Å². The summed E-state index contributed by atoms with van der Waals surface area (Å²) < 4.78 is 6.58. The van der Waals surface area contributed by atoms with Crippen LogP contribution in [0.1, 0.15) is 9.67 Å². The molecule has 1 aromatic carbocycles. The average Bonchev–Trinajstić information content (AvgIpc) is 3.06. The zero-order valence-corrected chi connectivity index (χ0v) is 13.8. The second-order valence-electron chi connectivity index (χ2n) is 4.00. The first-order valence-corrected chi connectivity index (χ1v) is 8.17. The van der Waals surface area contributed by atoms with Gasteiger partial charge in [-0.05, 0) is 24.3 Å². The smallest absolute Gasteiger partial charge is 0.267 e. The molecular weight excluding hydrogens is 351 g/mol. The Labute approximate surface area is 138 Å². The molecule has 21 heavy (non-hydrogen) atoms. The number of carbonyl (C=O) groups is 1. The van der Waals surface area contributed by atoms with E-state index < -0.39 is 0 Å². The summed E-state index contributed by atoms with van der Waals surface area (Å²) in [5.41, 5.74) is 0.634. The molecule has 0 saturated heterocycles. The van der Waals surface area contributed by atoms with E-state index in [1.165, 1.54) is 22.7 Å². The van der Waals surface area contributed by atoms with Gasteiger partial charge in [-0.3, -0.25) is 10.1 Å². The number of thiophene rings is 1. The molecule has 0 aliphatic carbocycles. The van der Waals surface area contributed by atoms with Crippen molar-refractivity contribution in [3.63, 3.8) is 0 Å². The molecule has 3 rings (SSSR count). The van der Waals surface area contributed by atoms with Gasteiger partial charge in [0.1, 0.15) is 11.3 Å². The first kappa shape index (κ1) is 14.6. The Bertz CT molecular complexity index is 829. The third kappa shape index (κ3) is 2.85. The number of thiazole rings is 1. The van der Waals surface area contributed by atoms with Crippen molar-refractivity contribution in [3.05, 3.63) is 38.5 Å². The Hall–Kier alpha value is -1.34. The van der Waals surface area contributed by atoms with E-state index >= 15 is 0 Å². The summed E-state index contributed by atoms with van der Waals surface area (Å²) in [6, 6.07) is 6.84. The van der Waals surface area contributed by atoms with Crippen molar-refractivity contribution in [3.8, 4) is 5.75 Å². The molecule has 0 aliphatic rings. The topological polar surface area (TPSA) is 51.2 Å². The van der Waals surface area contributed by atoms with Crippen molar-refractivity contribution in [2.24, 2.45) is 0 Å². The molecule has 0 aliphatic heterocycles. The highest BCUT2D eigenvalue weighted by Gasteiger charge is 2.15. The third-order valence-electron chi connectivity index (χ3n) is 2.70. The van der Waals surface area contributed by atoms with Gasteiger partial charge in [-0.2, -0.15) is 0 Å². The summed E-state index contributed by atoms with van der Waals surface area (Å²) in [5, 5.41) is 3.78. The fourth-order valence-corrected chi connectivity index (χ4v) is 3.85. The minimum absolute atomic E-state index is 0.249. The first-order chi connectivity index (χ1) is 10.1. The van der Waals surface area contributed by atoms with Gasteiger partial charge >= 0.3 is 0 Å². The van der Waals surface area contributed by atoms with E-state index in [0.717, 1.165) is 4.70 Å². The summed E-state index contributed by atoms with van der Waals surface area (Å²) in [5.74, 6) is 0.367. The van der Waals surface area contributed by atoms with E-state index in [0.29, 0.717) is 30.6 Å². The summed E-state index contributed by atoms with van der Waals surface area (Å²) in [6.07, 6.45) is 0. The van der Waals surface area contributed by atoms with Crippen molar-refractivity contribution in [1.29, 1.82) is 0 Å². The van der Waals surface area contributed by atoms with E-state index in [1.807, 2.05) is 0 Å². The fraction of sp³-hybridized carbons (Fsp3) is 0.0769. The standard InChI is InChI=1S/C13H8Cl2N2O2S2/c1-19-7-3-2-6(14)11-10(7)16-13(21-11)17-12(18)8-4-5-9(15)20-8/h2-5H,1H3,(H,16,17,18). The molecule has 0 bridgehead atoms. The Morgan fingerprint density at radius 2 is 2.05 bits per heavy atom. The molecule has 2 heterocycles. The molecule has 0 unspecified atom stereocenters. The maximum Gasteiger partial charge on any atom is 0.267 e. The van der Waals surface area contributed by atoms with Gasteiger partial charge in [-0.25, -0.2) is 4.98 Å². The molecule has 0 fully saturated rings. The van der Waals surface area contributed by atoms with Crippen LogP contribution in [0.2, 0.25) is 9.36 Å². The lowest BCUT2D eigenvalue weighted by molar-refractivity contribution is 0.103. The maximum absolute atomic E-state index is 12.1. The molecule has 0 spiro atoms. The molecule has 8 heteroatoms. The maximum atomic E-state index is 12.1. The Balaban J connectivity index is 1.94. The summed E-state index contributed by atoms with van der Waals surface area (Å²) in [6.45, 7) is 0. The van der Waals surface area contributed by atoms with Gasteiger partial charge in [0, 0.05) is 0 Å². The molecule has 0 saturated carbocycles. The molecule has 3 aromatic rings. The van der Waals surface area contributed by atoms with E-state index in [-0.39, 0.29) is 5.91 Å². The van der Waals surface area contributed by atoms with Crippen LogP contribution in [0.3, 0.4) is 0 Å². The average molecular weight is 359 g/mol. The third-order valence-corrected chi connectivity index (χ3v) is 5.36. The number of halogens is 2.